The molecule has 0 amide bonds. The van der Waals surface area contributed by atoms with Crippen LogP contribution in [0.3, 0.4) is 0 Å². The van der Waals surface area contributed by atoms with Crippen LogP contribution >= 0.6 is 12.4 Å². The fourth-order valence-electron chi connectivity index (χ4n) is 1.24. The fraction of sp³-hybridized carbons (Fsp3) is 0.400. The molecule has 0 aliphatic carbocycles. The van der Waals surface area contributed by atoms with Crippen LogP contribution in [0.4, 0.5) is 8.28 Å². The molecule has 4 heteroatoms. The lowest BCUT2D eigenvalue weighted by Crippen LogP contribution is -1.95. The quantitative estimate of drug-likeness (QED) is 0.708. The molecule has 0 saturated carbocycles. The monoisotopic (exact) mass is 218 g/mol. The van der Waals surface area contributed by atoms with E-state index in [9.17, 15) is 8.28 Å². The predicted octanol–water partition coefficient (Wildman–Crippen LogP) is 3.94. The van der Waals surface area contributed by atoms with E-state index in [1.807, 2.05) is 0 Å². The summed E-state index contributed by atoms with van der Waals surface area (Å²) in [7, 11) is 0. The third kappa shape index (κ3) is 3.18. The highest BCUT2D eigenvalue weighted by Gasteiger charge is 2.06. The van der Waals surface area contributed by atoms with E-state index in [1.54, 1.807) is 6.07 Å². The number of hydrogen-bond acceptors (Lipinski definition) is 2. The van der Waals surface area contributed by atoms with Crippen LogP contribution in [0.2, 0.25) is 0 Å². The normalized spacial score (nSPS) is 10.6. The van der Waals surface area contributed by atoms with Crippen molar-refractivity contribution in [3.8, 4) is 5.75 Å². The number of halogens is 2. The zero-order chi connectivity index (χ0) is 10.6. The van der Waals surface area contributed by atoms with E-state index in [0.29, 0.717) is 5.92 Å². The minimum atomic E-state index is -0.520. The van der Waals surface area contributed by atoms with Crippen molar-refractivity contribution in [1.82, 2.24) is 0 Å². The van der Waals surface area contributed by atoms with E-state index >= 15 is 0 Å². The van der Waals surface area contributed by atoms with Crippen LogP contribution < -0.4 is 4.18 Å². The maximum Gasteiger partial charge on any atom is 0.272 e. The summed E-state index contributed by atoms with van der Waals surface area (Å²) in [4.78, 5) is 0. The van der Waals surface area contributed by atoms with Gasteiger partial charge in [0.05, 0.1) is 0 Å². The molecule has 0 atom stereocenters. The Morgan fingerprint density at radius 1 is 1.43 bits per heavy atom. The number of rotatable bonds is 4. The summed E-state index contributed by atoms with van der Waals surface area (Å²) in [6, 6.07) is 4.57. The smallest absolute Gasteiger partial charge is 0.272 e. The molecule has 14 heavy (non-hydrogen) atoms. The van der Waals surface area contributed by atoms with Crippen LogP contribution in [0, 0.1) is 11.7 Å². The Labute approximate surface area is 87.0 Å². The van der Waals surface area contributed by atoms with Gasteiger partial charge < -0.3 is 4.18 Å². The Bertz CT molecular complexity index is 302. The Balaban J connectivity index is 2.78. The zero-order valence-corrected chi connectivity index (χ0v) is 8.91. The molecule has 1 aromatic rings. The lowest BCUT2D eigenvalue weighted by molar-refractivity contribution is 0.526. The molecule has 1 rings (SSSR count). The van der Waals surface area contributed by atoms with Crippen LogP contribution in [0.1, 0.15) is 19.4 Å². The molecule has 0 spiro atoms. The summed E-state index contributed by atoms with van der Waals surface area (Å²) in [6.07, 6.45) is 0.806. The van der Waals surface area contributed by atoms with Crippen LogP contribution in [0.5, 0.6) is 5.75 Å². The summed E-state index contributed by atoms with van der Waals surface area (Å²) in [5, 5.41) is 0. The van der Waals surface area contributed by atoms with Crippen LogP contribution in [0.15, 0.2) is 18.2 Å². The van der Waals surface area contributed by atoms with Crippen molar-refractivity contribution in [1.29, 1.82) is 0 Å². The summed E-state index contributed by atoms with van der Waals surface area (Å²) in [5.74, 6) is -0.116. The average molecular weight is 218 g/mol. The van der Waals surface area contributed by atoms with Crippen molar-refractivity contribution in [2.75, 3.05) is 0 Å². The Kier molecular flexibility index (Phi) is 4.20. The first kappa shape index (κ1) is 11.3. The second-order valence-corrected chi connectivity index (χ2v) is 3.80. The molecular formula is C10H12F2OS. The van der Waals surface area contributed by atoms with Gasteiger partial charge in [-0.05, 0) is 30.0 Å². The van der Waals surface area contributed by atoms with Gasteiger partial charge in [-0.2, -0.15) is 0 Å². The molecule has 0 radical (unpaired) electrons. The van der Waals surface area contributed by atoms with Gasteiger partial charge in [0, 0.05) is 0 Å². The van der Waals surface area contributed by atoms with Crippen molar-refractivity contribution in [3.05, 3.63) is 29.6 Å². The first-order chi connectivity index (χ1) is 6.63. The van der Waals surface area contributed by atoms with Gasteiger partial charge >= 0.3 is 0 Å². The Morgan fingerprint density at radius 2 is 2.14 bits per heavy atom. The SMILES string of the molecule is CC(C)Cc1ccc(OSF)c(F)c1. The average Bonchev–Trinajstić information content (AvgIpc) is 2.09. The predicted molar refractivity (Wildman–Crippen MR) is 54.3 cm³/mol. The van der Waals surface area contributed by atoms with Crippen LogP contribution in [0.25, 0.3) is 0 Å². The van der Waals surface area contributed by atoms with Gasteiger partial charge in [-0.25, -0.2) is 4.39 Å². The second kappa shape index (κ2) is 5.20. The molecule has 0 bridgehead atoms. The molecule has 0 unspecified atom stereocenters. The molecule has 1 aromatic carbocycles. The summed E-state index contributed by atoms with van der Waals surface area (Å²) < 4.78 is 29.3. The summed E-state index contributed by atoms with van der Waals surface area (Å²) in [5.41, 5.74) is 0.897. The van der Waals surface area contributed by atoms with Crippen LogP contribution in [-0.4, -0.2) is 0 Å². The number of hydrogen-bond donors (Lipinski definition) is 0. The van der Waals surface area contributed by atoms with E-state index in [-0.39, 0.29) is 18.2 Å². The molecule has 0 fully saturated rings. The molecule has 0 aromatic heterocycles. The van der Waals surface area contributed by atoms with Crippen LogP contribution in [-0.2, 0) is 6.42 Å². The highest BCUT2D eigenvalue weighted by atomic mass is 32.2. The van der Waals surface area contributed by atoms with E-state index in [0.717, 1.165) is 12.0 Å². The summed E-state index contributed by atoms with van der Waals surface area (Å²) in [6.45, 7) is 4.11. The third-order valence-electron chi connectivity index (χ3n) is 1.76. The highest BCUT2D eigenvalue weighted by molar-refractivity contribution is 7.89. The zero-order valence-electron chi connectivity index (χ0n) is 8.09. The lowest BCUT2D eigenvalue weighted by atomic mass is 10.0. The van der Waals surface area contributed by atoms with Crippen molar-refractivity contribution in [3.63, 3.8) is 0 Å². The maximum atomic E-state index is 13.2. The molecule has 0 heterocycles. The number of benzene rings is 1. The molecule has 0 aliphatic rings. The van der Waals surface area contributed by atoms with Gasteiger partial charge in [-0.3, -0.25) is 0 Å². The first-order valence-corrected chi connectivity index (χ1v) is 5.01. The largest absolute Gasteiger partial charge is 0.394 e. The maximum absolute atomic E-state index is 13.2. The molecule has 0 N–H and O–H groups in total. The topological polar surface area (TPSA) is 9.23 Å². The van der Waals surface area contributed by atoms with Gasteiger partial charge in [0.25, 0.3) is 12.4 Å². The molecular weight excluding hydrogens is 206 g/mol. The van der Waals surface area contributed by atoms with Gasteiger partial charge in [0.2, 0.25) is 0 Å². The van der Waals surface area contributed by atoms with Crippen molar-refractivity contribution in [2.24, 2.45) is 5.92 Å². The third-order valence-corrected chi connectivity index (χ3v) is 2.00. The standard InChI is InChI=1S/C10H12F2OS/c1-7(2)5-8-3-4-10(13-14-12)9(11)6-8/h3-4,6-7H,5H2,1-2H3. The first-order valence-electron chi connectivity index (χ1n) is 4.37. The van der Waals surface area contributed by atoms with E-state index < -0.39 is 5.82 Å². The van der Waals surface area contributed by atoms with Gasteiger partial charge in [0.15, 0.2) is 11.6 Å². The van der Waals surface area contributed by atoms with Crippen molar-refractivity contribution in [2.45, 2.75) is 20.3 Å². The van der Waals surface area contributed by atoms with Crippen molar-refractivity contribution >= 4 is 12.4 Å². The second-order valence-electron chi connectivity index (χ2n) is 3.51. The fourth-order valence-corrected chi connectivity index (χ4v) is 1.45. The summed E-state index contributed by atoms with van der Waals surface area (Å²) >= 11 is -0.351. The minimum absolute atomic E-state index is 0.0648. The van der Waals surface area contributed by atoms with E-state index in [4.69, 9.17) is 0 Å². The molecule has 78 valence electrons. The highest BCUT2D eigenvalue weighted by Crippen LogP contribution is 2.23. The van der Waals surface area contributed by atoms with Crippen molar-refractivity contribution < 1.29 is 12.5 Å². The Morgan fingerprint density at radius 3 is 2.64 bits per heavy atom. The van der Waals surface area contributed by atoms with Gasteiger partial charge in [0.1, 0.15) is 0 Å². The Hall–Kier alpha value is -0.770. The van der Waals surface area contributed by atoms with E-state index in [2.05, 4.69) is 18.0 Å². The molecule has 0 aliphatic heterocycles. The molecule has 0 saturated heterocycles. The van der Waals surface area contributed by atoms with Gasteiger partial charge in [-0.15, -0.1) is 3.89 Å². The van der Waals surface area contributed by atoms with E-state index in [1.165, 1.54) is 12.1 Å². The lowest BCUT2D eigenvalue weighted by Gasteiger charge is -2.06. The van der Waals surface area contributed by atoms with Gasteiger partial charge in [-0.1, -0.05) is 19.9 Å². The minimum Gasteiger partial charge on any atom is -0.394 e. The molecule has 1 nitrogen and oxygen atoms in total.